The number of nitrogens with zero attached hydrogens (tertiary/aromatic N) is 2. The summed E-state index contributed by atoms with van der Waals surface area (Å²) in [7, 11) is 1.63. The number of hydrogen-bond acceptors (Lipinski definition) is 3. The third-order valence-corrected chi connectivity index (χ3v) is 2.40. The Balaban J connectivity index is 2.57. The van der Waals surface area contributed by atoms with E-state index < -0.39 is 11.7 Å². The lowest BCUT2D eigenvalue weighted by atomic mass is 10.0. The van der Waals surface area contributed by atoms with E-state index in [-0.39, 0.29) is 11.3 Å². The summed E-state index contributed by atoms with van der Waals surface area (Å²) in [5, 5.41) is 2.74. The normalized spacial score (nSPS) is 11.3. The number of benzene rings is 1. The van der Waals surface area contributed by atoms with E-state index in [1.165, 1.54) is 30.6 Å². The fraction of sp³-hybridized carbons (Fsp3) is 0.167. The van der Waals surface area contributed by atoms with Gasteiger partial charge in [-0.05, 0) is 6.07 Å². The van der Waals surface area contributed by atoms with Crippen LogP contribution in [0.2, 0.25) is 0 Å². The van der Waals surface area contributed by atoms with Crippen LogP contribution in [-0.4, -0.2) is 17.0 Å². The minimum absolute atomic E-state index is 0.0228. The smallest absolute Gasteiger partial charge is 0.372 e. The van der Waals surface area contributed by atoms with Gasteiger partial charge in [0.1, 0.15) is 5.82 Å². The molecule has 0 aliphatic heterocycles. The molecule has 1 aromatic heterocycles. The van der Waals surface area contributed by atoms with Gasteiger partial charge in [0.15, 0.2) is 0 Å². The van der Waals surface area contributed by atoms with Crippen LogP contribution in [0.15, 0.2) is 36.7 Å². The molecular formula is C12H10F3N3. The van der Waals surface area contributed by atoms with Gasteiger partial charge in [-0.15, -0.1) is 0 Å². The van der Waals surface area contributed by atoms with Crippen LogP contribution in [0.1, 0.15) is 5.56 Å². The molecule has 1 heterocycles. The van der Waals surface area contributed by atoms with E-state index in [1.807, 2.05) is 0 Å². The number of aromatic nitrogens is 2. The zero-order chi connectivity index (χ0) is 13.2. The number of halogens is 3. The molecule has 0 radical (unpaired) electrons. The molecule has 1 aromatic carbocycles. The summed E-state index contributed by atoms with van der Waals surface area (Å²) in [6.45, 7) is 0. The third kappa shape index (κ3) is 2.42. The van der Waals surface area contributed by atoms with E-state index in [2.05, 4.69) is 15.3 Å². The lowest BCUT2D eigenvalue weighted by Crippen LogP contribution is -2.07. The second-order valence-electron chi connectivity index (χ2n) is 3.58. The van der Waals surface area contributed by atoms with Crippen molar-refractivity contribution in [1.29, 1.82) is 0 Å². The molecule has 6 heteroatoms. The van der Waals surface area contributed by atoms with Gasteiger partial charge in [0.2, 0.25) is 0 Å². The first-order valence-corrected chi connectivity index (χ1v) is 5.19. The van der Waals surface area contributed by atoms with Gasteiger partial charge in [0.25, 0.3) is 0 Å². The number of anilines is 1. The summed E-state index contributed by atoms with van der Waals surface area (Å²) in [6.07, 6.45) is -1.65. The molecule has 0 aliphatic rings. The molecule has 0 saturated heterocycles. The second-order valence-corrected chi connectivity index (χ2v) is 3.58. The van der Waals surface area contributed by atoms with E-state index >= 15 is 0 Å². The van der Waals surface area contributed by atoms with Crippen LogP contribution >= 0.6 is 0 Å². The molecule has 0 spiro atoms. The number of alkyl halides is 3. The van der Waals surface area contributed by atoms with E-state index in [9.17, 15) is 13.2 Å². The van der Waals surface area contributed by atoms with Crippen molar-refractivity contribution in [2.24, 2.45) is 0 Å². The summed E-state index contributed by atoms with van der Waals surface area (Å²) >= 11 is 0. The van der Waals surface area contributed by atoms with Crippen LogP contribution < -0.4 is 5.32 Å². The Morgan fingerprint density at radius 1 is 1.11 bits per heavy atom. The van der Waals surface area contributed by atoms with Gasteiger partial charge in [-0.1, -0.05) is 18.2 Å². The third-order valence-electron chi connectivity index (χ3n) is 2.40. The molecule has 0 bridgehead atoms. The molecule has 2 aromatic rings. The minimum Gasteiger partial charge on any atom is -0.372 e. The Morgan fingerprint density at radius 3 is 2.50 bits per heavy atom. The van der Waals surface area contributed by atoms with Crippen LogP contribution in [-0.2, 0) is 6.18 Å². The van der Waals surface area contributed by atoms with E-state index in [4.69, 9.17) is 0 Å². The van der Waals surface area contributed by atoms with Crippen molar-refractivity contribution in [2.45, 2.75) is 6.18 Å². The van der Waals surface area contributed by atoms with Gasteiger partial charge in [0.05, 0.1) is 23.7 Å². The molecule has 0 atom stereocenters. The van der Waals surface area contributed by atoms with Crippen LogP contribution in [0, 0.1) is 0 Å². The maximum Gasteiger partial charge on any atom is 0.417 e. The first kappa shape index (κ1) is 12.3. The molecule has 94 valence electrons. The van der Waals surface area contributed by atoms with Crippen molar-refractivity contribution >= 4 is 5.82 Å². The molecule has 18 heavy (non-hydrogen) atoms. The average molecular weight is 253 g/mol. The van der Waals surface area contributed by atoms with Crippen LogP contribution in [0.3, 0.4) is 0 Å². The number of nitrogens with one attached hydrogen (secondary N) is 1. The highest BCUT2D eigenvalue weighted by Crippen LogP contribution is 2.36. The molecule has 3 nitrogen and oxygen atoms in total. The standard InChI is InChI=1S/C12H10F3N3/c1-16-11-7-17-6-10(18-11)8-4-2-3-5-9(8)12(13,14)15/h2-7H,1H3,(H,16,18). The van der Waals surface area contributed by atoms with Crippen molar-refractivity contribution in [3.8, 4) is 11.3 Å². The lowest BCUT2D eigenvalue weighted by Gasteiger charge is -2.12. The number of rotatable bonds is 2. The van der Waals surface area contributed by atoms with E-state index in [0.29, 0.717) is 5.82 Å². The summed E-state index contributed by atoms with van der Waals surface area (Å²) in [6, 6.07) is 5.30. The molecule has 0 aliphatic carbocycles. The summed E-state index contributed by atoms with van der Waals surface area (Å²) in [5.74, 6) is 0.421. The van der Waals surface area contributed by atoms with E-state index in [1.54, 1.807) is 7.05 Å². The maximum atomic E-state index is 12.9. The van der Waals surface area contributed by atoms with Gasteiger partial charge >= 0.3 is 6.18 Å². The van der Waals surface area contributed by atoms with Crippen LogP contribution in [0.5, 0.6) is 0 Å². The first-order chi connectivity index (χ1) is 8.52. The molecule has 0 unspecified atom stereocenters. The van der Waals surface area contributed by atoms with Crippen LogP contribution in [0.4, 0.5) is 19.0 Å². The summed E-state index contributed by atoms with van der Waals surface area (Å²) in [5.41, 5.74) is -0.503. The summed E-state index contributed by atoms with van der Waals surface area (Å²) in [4.78, 5) is 7.92. The highest BCUT2D eigenvalue weighted by molar-refractivity contribution is 5.64. The molecule has 0 fully saturated rings. The van der Waals surface area contributed by atoms with Crippen molar-refractivity contribution in [3.05, 3.63) is 42.2 Å². The monoisotopic (exact) mass is 253 g/mol. The molecule has 0 saturated carbocycles. The van der Waals surface area contributed by atoms with Crippen molar-refractivity contribution in [3.63, 3.8) is 0 Å². The zero-order valence-electron chi connectivity index (χ0n) is 9.49. The topological polar surface area (TPSA) is 37.8 Å². The fourth-order valence-electron chi connectivity index (χ4n) is 1.57. The van der Waals surface area contributed by atoms with Gasteiger partial charge < -0.3 is 5.32 Å². The molecule has 2 rings (SSSR count). The maximum absolute atomic E-state index is 12.9. The Labute approximate surface area is 102 Å². The van der Waals surface area contributed by atoms with Gasteiger partial charge in [0, 0.05) is 12.6 Å². The molecule has 0 amide bonds. The molecule has 1 N–H and O–H groups in total. The zero-order valence-corrected chi connectivity index (χ0v) is 9.49. The Hall–Kier alpha value is -2.11. The van der Waals surface area contributed by atoms with Crippen molar-refractivity contribution in [1.82, 2.24) is 9.97 Å². The highest BCUT2D eigenvalue weighted by Gasteiger charge is 2.33. The van der Waals surface area contributed by atoms with Gasteiger partial charge in [-0.2, -0.15) is 13.2 Å². The van der Waals surface area contributed by atoms with Gasteiger partial charge in [-0.25, -0.2) is 4.98 Å². The second kappa shape index (κ2) is 4.64. The largest absolute Gasteiger partial charge is 0.417 e. The Kier molecular flexibility index (Phi) is 3.18. The fourth-order valence-corrected chi connectivity index (χ4v) is 1.57. The number of hydrogen-bond donors (Lipinski definition) is 1. The van der Waals surface area contributed by atoms with Crippen molar-refractivity contribution in [2.75, 3.05) is 12.4 Å². The quantitative estimate of drug-likeness (QED) is 0.893. The predicted molar refractivity (Wildman–Crippen MR) is 62.0 cm³/mol. The Bertz CT molecular complexity index is 552. The summed E-state index contributed by atoms with van der Waals surface area (Å²) < 4.78 is 38.6. The highest BCUT2D eigenvalue weighted by atomic mass is 19.4. The SMILES string of the molecule is CNc1cncc(-c2ccccc2C(F)(F)F)n1. The first-order valence-electron chi connectivity index (χ1n) is 5.19. The van der Waals surface area contributed by atoms with Crippen molar-refractivity contribution < 1.29 is 13.2 Å². The minimum atomic E-state index is -4.41. The lowest BCUT2D eigenvalue weighted by molar-refractivity contribution is -0.137. The van der Waals surface area contributed by atoms with Crippen LogP contribution in [0.25, 0.3) is 11.3 Å². The Morgan fingerprint density at radius 2 is 1.83 bits per heavy atom. The van der Waals surface area contributed by atoms with E-state index in [0.717, 1.165) is 6.07 Å². The average Bonchev–Trinajstić information content (AvgIpc) is 2.38. The van der Waals surface area contributed by atoms with Gasteiger partial charge in [-0.3, -0.25) is 4.98 Å². The predicted octanol–water partition coefficient (Wildman–Crippen LogP) is 3.20. The molecular weight excluding hydrogens is 243 g/mol.